The lowest BCUT2D eigenvalue weighted by atomic mass is 10.1. The van der Waals surface area contributed by atoms with Crippen molar-refractivity contribution in [3.05, 3.63) is 76.5 Å². The molecule has 6 heteroatoms. The van der Waals surface area contributed by atoms with Crippen LogP contribution in [0.1, 0.15) is 18.2 Å². The minimum absolute atomic E-state index is 0.199. The summed E-state index contributed by atoms with van der Waals surface area (Å²) >= 11 is 3.41. The fraction of sp³-hybridized carbons (Fsp3) is 0.143. The molecule has 0 unspecified atom stereocenters. The van der Waals surface area contributed by atoms with Crippen LogP contribution in [0.5, 0.6) is 5.75 Å². The molecule has 5 nitrogen and oxygen atoms in total. The van der Waals surface area contributed by atoms with Crippen molar-refractivity contribution in [2.75, 3.05) is 6.61 Å². The van der Waals surface area contributed by atoms with E-state index in [-0.39, 0.29) is 12.3 Å². The average molecular weight is 427 g/mol. The molecule has 0 spiro atoms. The standard InChI is InChI=1S/C21H19BrN2O3/c1-2-26-18-9-3-15(4-10-18)13-21(25)24-23-14-19-11-12-20(27-19)16-5-7-17(22)8-6-16/h3-12,14H,2,13H2,1H3,(H,24,25)/b23-14-. The minimum Gasteiger partial charge on any atom is -0.494 e. The van der Waals surface area contributed by atoms with Gasteiger partial charge in [-0.1, -0.05) is 40.2 Å². The van der Waals surface area contributed by atoms with Crippen molar-refractivity contribution in [1.82, 2.24) is 5.43 Å². The van der Waals surface area contributed by atoms with E-state index in [0.717, 1.165) is 27.1 Å². The van der Waals surface area contributed by atoms with Gasteiger partial charge in [-0.15, -0.1) is 0 Å². The topological polar surface area (TPSA) is 63.8 Å². The number of rotatable bonds is 7. The number of carbonyl (C=O) groups excluding carboxylic acids is 1. The van der Waals surface area contributed by atoms with Crippen molar-refractivity contribution in [3.8, 4) is 17.1 Å². The molecule has 3 rings (SSSR count). The molecule has 27 heavy (non-hydrogen) atoms. The van der Waals surface area contributed by atoms with Crippen molar-refractivity contribution in [2.45, 2.75) is 13.3 Å². The zero-order valence-electron chi connectivity index (χ0n) is 14.8. The molecule has 2 aromatic carbocycles. The van der Waals surface area contributed by atoms with Crippen molar-refractivity contribution in [2.24, 2.45) is 5.10 Å². The van der Waals surface area contributed by atoms with Crippen LogP contribution in [0.25, 0.3) is 11.3 Å². The van der Waals surface area contributed by atoms with Gasteiger partial charge in [-0.25, -0.2) is 5.43 Å². The molecule has 3 aromatic rings. The molecule has 0 atom stereocenters. The lowest BCUT2D eigenvalue weighted by Crippen LogP contribution is -2.19. The highest BCUT2D eigenvalue weighted by molar-refractivity contribution is 9.10. The van der Waals surface area contributed by atoms with Crippen LogP contribution in [0.3, 0.4) is 0 Å². The first-order valence-electron chi connectivity index (χ1n) is 8.53. The summed E-state index contributed by atoms with van der Waals surface area (Å²) in [5.74, 6) is 1.90. The minimum atomic E-state index is -0.199. The van der Waals surface area contributed by atoms with E-state index >= 15 is 0 Å². The van der Waals surface area contributed by atoms with Gasteiger partial charge < -0.3 is 9.15 Å². The number of hydrazone groups is 1. The largest absolute Gasteiger partial charge is 0.494 e. The van der Waals surface area contributed by atoms with Crippen LogP contribution in [0, 0.1) is 0 Å². The average Bonchev–Trinajstić information content (AvgIpc) is 3.13. The quantitative estimate of drug-likeness (QED) is 0.435. The Hall–Kier alpha value is -2.86. The zero-order chi connectivity index (χ0) is 19.1. The molecule has 0 radical (unpaired) electrons. The molecule has 0 bridgehead atoms. The Kier molecular flexibility index (Phi) is 6.44. The highest BCUT2D eigenvalue weighted by Gasteiger charge is 2.05. The predicted octanol–water partition coefficient (Wildman–Crippen LogP) is 4.80. The van der Waals surface area contributed by atoms with Crippen LogP contribution < -0.4 is 10.2 Å². The van der Waals surface area contributed by atoms with Gasteiger partial charge in [0.15, 0.2) is 0 Å². The molecular formula is C21H19BrN2O3. The van der Waals surface area contributed by atoms with E-state index in [4.69, 9.17) is 9.15 Å². The van der Waals surface area contributed by atoms with Crippen LogP contribution in [-0.4, -0.2) is 18.7 Å². The van der Waals surface area contributed by atoms with Crippen LogP contribution in [0.2, 0.25) is 0 Å². The smallest absolute Gasteiger partial charge is 0.244 e. The Morgan fingerprint density at radius 3 is 2.56 bits per heavy atom. The molecular weight excluding hydrogens is 408 g/mol. The Bertz CT molecular complexity index is 915. The van der Waals surface area contributed by atoms with Gasteiger partial charge in [-0.05, 0) is 48.9 Å². The third-order valence-corrected chi connectivity index (χ3v) is 4.26. The maximum absolute atomic E-state index is 12.0. The molecule has 1 heterocycles. The number of carbonyl (C=O) groups is 1. The number of nitrogens with zero attached hydrogens (tertiary/aromatic N) is 1. The van der Waals surface area contributed by atoms with Gasteiger partial charge in [0.05, 0.1) is 19.2 Å². The van der Waals surface area contributed by atoms with Crippen LogP contribution in [-0.2, 0) is 11.2 Å². The first-order chi connectivity index (χ1) is 13.1. The van der Waals surface area contributed by atoms with E-state index in [9.17, 15) is 4.79 Å². The molecule has 1 amide bonds. The summed E-state index contributed by atoms with van der Waals surface area (Å²) in [5, 5.41) is 3.96. The Balaban J connectivity index is 1.52. The number of hydrogen-bond donors (Lipinski definition) is 1. The van der Waals surface area contributed by atoms with Gasteiger partial charge in [0.2, 0.25) is 5.91 Å². The van der Waals surface area contributed by atoms with Gasteiger partial charge in [0, 0.05) is 10.0 Å². The number of nitrogens with one attached hydrogen (secondary N) is 1. The van der Waals surface area contributed by atoms with E-state index in [0.29, 0.717) is 12.4 Å². The Morgan fingerprint density at radius 1 is 1.11 bits per heavy atom. The summed E-state index contributed by atoms with van der Waals surface area (Å²) in [6, 6.07) is 18.9. The molecule has 0 aliphatic rings. The summed E-state index contributed by atoms with van der Waals surface area (Å²) in [6.07, 6.45) is 1.73. The summed E-state index contributed by atoms with van der Waals surface area (Å²) in [6.45, 7) is 2.55. The normalized spacial score (nSPS) is 10.9. The summed E-state index contributed by atoms with van der Waals surface area (Å²) in [7, 11) is 0. The molecule has 0 saturated carbocycles. The highest BCUT2D eigenvalue weighted by atomic mass is 79.9. The number of halogens is 1. The van der Waals surface area contributed by atoms with E-state index < -0.39 is 0 Å². The van der Waals surface area contributed by atoms with Crippen LogP contribution in [0.15, 0.2) is 74.7 Å². The third kappa shape index (κ3) is 5.56. The molecule has 1 N–H and O–H groups in total. The van der Waals surface area contributed by atoms with E-state index in [1.165, 1.54) is 6.21 Å². The van der Waals surface area contributed by atoms with Crippen LogP contribution in [0.4, 0.5) is 0 Å². The van der Waals surface area contributed by atoms with E-state index in [1.54, 1.807) is 6.07 Å². The van der Waals surface area contributed by atoms with Gasteiger partial charge in [-0.2, -0.15) is 5.10 Å². The monoisotopic (exact) mass is 426 g/mol. The van der Waals surface area contributed by atoms with Gasteiger partial charge in [0.1, 0.15) is 17.3 Å². The molecule has 0 saturated heterocycles. The number of benzene rings is 2. The van der Waals surface area contributed by atoms with Gasteiger partial charge in [0.25, 0.3) is 0 Å². The maximum Gasteiger partial charge on any atom is 0.244 e. The SMILES string of the molecule is CCOc1ccc(CC(=O)N/N=C\c2ccc(-c3ccc(Br)cc3)o2)cc1. The molecule has 1 aromatic heterocycles. The maximum atomic E-state index is 12.0. The summed E-state index contributed by atoms with van der Waals surface area (Å²) < 4.78 is 12.1. The number of hydrogen-bond acceptors (Lipinski definition) is 4. The highest BCUT2D eigenvalue weighted by Crippen LogP contribution is 2.23. The lowest BCUT2D eigenvalue weighted by molar-refractivity contribution is -0.120. The van der Waals surface area contributed by atoms with Crippen molar-refractivity contribution >= 4 is 28.1 Å². The lowest BCUT2D eigenvalue weighted by Gasteiger charge is -2.04. The molecule has 0 fully saturated rings. The van der Waals surface area contributed by atoms with Crippen molar-refractivity contribution < 1.29 is 13.9 Å². The first kappa shape index (κ1) is 18.9. The van der Waals surface area contributed by atoms with Gasteiger partial charge in [-0.3, -0.25) is 4.79 Å². The van der Waals surface area contributed by atoms with Crippen molar-refractivity contribution in [1.29, 1.82) is 0 Å². The zero-order valence-corrected chi connectivity index (χ0v) is 16.4. The Morgan fingerprint density at radius 2 is 1.85 bits per heavy atom. The van der Waals surface area contributed by atoms with Crippen LogP contribution >= 0.6 is 15.9 Å². The Labute approximate surface area is 166 Å². The fourth-order valence-electron chi connectivity index (χ4n) is 2.45. The van der Waals surface area contributed by atoms with E-state index in [1.807, 2.05) is 61.5 Å². The predicted molar refractivity (Wildman–Crippen MR) is 109 cm³/mol. The third-order valence-electron chi connectivity index (χ3n) is 3.74. The number of furan rings is 1. The van der Waals surface area contributed by atoms with E-state index in [2.05, 4.69) is 26.5 Å². The number of ether oxygens (including phenoxy) is 1. The molecule has 0 aliphatic heterocycles. The first-order valence-corrected chi connectivity index (χ1v) is 9.33. The fourth-order valence-corrected chi connectivity index (χ4v) is 2.72. The number of amides is 1. The summed E-state index contributed by atoms with van der Waals surface area (Å²) in [4.78, 5) is 12.0. The second-order valence-corrected chi connectivity index (χ2v) is 6.67. The van der Waals surface area contributed by atoms with Crippen molar-refractivity contribution in [3.63, 3.8) is 0 Å². The second kappa shape index (κ2) is 9.19. The molecule has 0 aliphatic carbocycles. The van der Waals surface area contributed by atoms with Gasteiger partial charge >= 0.3 is 0 Å². The molecule has 138 valence electrons. The summed E-state index contributed by atoms with van der Waals surface area (Å²) in [5.41, 5.74) is 4.37. The second-order valence-electron chi connectivity index (χ2n) is 5.76.